The molecule has 1 amide bonds. The second-order valence-corrected chi connectivity index (χ2v) is 3.80. The van der Waals surface area contributed by atoms with Crippen molar-refractivity contribution < 1.29 is 9.21 Å². The summed E-state index contributed by atoms with van der Waals surface area (Å²) >= 11 is 0. The number of amides is 1. The molecule has 0 unspecified atom stereocenters. The fourth-order valence-corrected chi connectivity index (χ4v) is 1.61. The number of nitrogens with two attached hydrogens (primary N) is 1. The molecule has 6 nitrogen and oxygen atoms in total. The van der Waals surface area contributed by atoms with Gasteiger partial charge in [-0.25, -0.2) is 0 Å². The van der Waals surface area contributed by atoms with Gasteiger partial charge in [-0.15, -0.1) is 0 Å². The molecule has 6 heteroatoms. The van der Waals surface area contributed by atoms with Crippen LogP contribution < -0.4 is 11.1 Å². The molecule has 0 aliphatic heterocycles. The number of aromatic amines is 1. The summed E-state index contributed by atoms with van der Waals surface area (Å²) in [5.41, 5.74) is 6.30. The smallest absolute Gasteiger partial charge is 0.254 e. The molecule has 90 valence electrons. The van der Waals surface area contributed by atoms with Crippen molar-refractivity contribution in [1.29, 1.82) is 0 Å². The first-order valence-electron chi connectivity index (χ1n) is 5.22. The van der Waals surface area contributed by atoms with Gasteiger partial charge >= 0.3 is 0 Å². The van der Waals surface area contributed by atoms with E-state index >= 15 is 0 Å². The highest BCUT2D eigenvalue weighted by Crippen LogP contribution is 2.16. The minimum absolute atomic E-state index is 0.383. The Labute approximate surface area is 98.2 Å². The van der Waals surface area contributed by atoms with E-state index in [0.29, 0.717) is 23.6 Å². The van der Waals surface area contributed by atoms with Gasteiger partial charge in [-0.2, -0.15) is 5.10 Å². The molecule has 0 bridgehead atoms. The van der Waals surface area contributed by atoms with E-state index in [-0.39, 0.29) is 0 Å². The first-order valence-corrected chi connectivity index (χ1v) is 5.22. The number of rotatable bonds is 4. The Kier molecular flexibility index (Phi) is 2.86. The first kappa shape index (κ1) is 11.3. The number of furan rings is 1. The monoisotopic (exact) mass is 234 g/mol. The third kappa shape index (κ3) is 2.30. The Morgan fingerprint density at radius 2 is 2.29 bits per heavy atom. The van der Waals surface area contributed by atoms with Gasteiger partial charge in [0.1, 0.15) is 17.1 Å². The average molecular weight is 234 g/mol. The lowest BCUT2D eigenvalue weighted by Crippen LogP contribution is -2.14. The third-order valence-electron chi connectivity index (χ3n) is 2.42. The van der Waals surface area contributed by atoms with Crippen molar-refractivity contribution in [1.82, 2.24) is 10.2 Å². The highest BCUT2D eigenvalue weighted by Gasteiger charge is 2.15. The standard InChI is InChI=1S/C11H14N4O2/c1-6-3-4-8(17-6)5-13-11-9(10(12)16)7(2)14-15-11/h3-4H,5H2,1-2H3,(H2,12,16)(H2,13,14,15). The number of nitrogens with zero attached hydrogens (tertiary/aromatic N) is 1. The van der Waals surface area contributed by atoms with Crippen LogP contribution >= 0.6 is 0 Å². The van der Waals surface area contributed by atoms with Crippen LogP contribution in [-0.4, -0.2) is 16.1 Å². The molecule has 2 heterocycles. The second kappa shape index (κ2) is 4.32. The van der Waals surface area contributed by atoms with Gasteiger partial charge in [0, 0.05) is 5.69 Å². The molecule has 0 aliphatic rings. The van der Waals surface area contributed by atoms with E-state index in [4.69, 9.17) is 10.2 Å². The number of anilines is 1. The van der Waals surface area contributed by atoms with Gasteiger partial charge in [0.15, 0.2) is 5.82 Å². The number of H-pyrrole nitrogens is 1. The molecule has 0 aliphatic carbocycles. The zero-order valence-corrected chi connectivity index (χ0v) is 9.70. The number of hydrogen-bond donors (Lipinski definition) is 3. The highest BCUT2D eigenvalue weighted by atomic mass is 16.3. The Morgan fingerprint density at radius 1 is 1.53 bits per heavy atom. The minimum Gasteiger partial charge on any atom is -0.465 e. The summed E-state index contributed by atoms with van der Waals surface area (Å²) in [6.45, 7) is 4.07. The SMILES string of the molecule is Cc1ccc(CNc2n[nH]c(C)c2C(N)=O)o1. The van der Waals surface area contributed by atoms with E-state index in [1.54, 1.807) is 6.92 Å². The lowest BCUT2D eigenvalue weighted by molar-refractivity contribution is 0.100. The zero-order chi connectivity index (χ0) is 12.4. The van der Waals surface area contributed by atoms with Crippen LogP contribution in [0.4, 0.5) is 5.82 Å². The molecule has 0 saturated carbocycles. The molecule has 0 radical (unpaired) electrons. The summed E-state index contributed by atoms with van der Waals surface area (Å²) in [6, 6.07) is 3.74. The van der Waals surface area contributed by atoms with Crippen LogP contribution in [0.1, 0.15) is 27.6 Å². The maximum atomic E-state index is 11.2. The van der Waals surface area contributed by atoms with E-state index in [0.717, 1.165) is 11.5 Å². The molecule has 2 aromatic heterocycles. The van der Waals surface area contributed by atoms with E-state index in [2.05, 4.69) is 15.5 Å². The molecule has 0 fully saturated rings. The van der Waals surface area contributed by atoms with Gasteiger partial charge in [0.25, 0.3) is 5.91 Å². The quantitative estimate of drug-likeness (QED) is 0.743. The summed E-state index contributed by atoms with van der Waals surface area (Å²) in [7, 11) is 0. The van der Waals surface area contributed by atoms with Gasteiger partial charge in [-0.05, 0) is 26.0 Å². The lowest BCUT2D eigenvalue weighted by atomic mass is 10.2. The molecule has 0 spiro atoms. The molecule has 0 saturated heterocycles. The number of carbonyl (C=O) groups excluding carboxylic acids is 1. The maximum Gasteiger partial charge on any atom is 0.254 e. The van der Waals surface area contributed by atoms with Crippen molar-refractivity contribution in [3.05, 3.63) is 34.9 Å². The molecular weight excluding hydrogens is 220 g/mol. The number of aromatic nitrogens is 2. The number of aryl methyl sites for hydroxylation is 2. The Balaban J connectivity index is 2.11. The van der Waals surface area contributed by atoms with Gasteiger partial charge in [0.2, 0.25) is 0 Å². The van der Waals surface area contributed by atoms with Crippen LogP contribution in [0.2, 0.25) is 0 Å². The second-order valence-electron chi connectivity index (χ2n) is 3.80. The summed E-state index contributed by atoms with van der Waals surface area (Å²) in [6.07, 6.45) is 0. The van der Waals surface area contributed by atoms with Crippen molar-refractivity contribution in [3.8, 4) is 0 Å². The van der Waals surface area contributed by atoms with Crippen LogP contribution in [0.5, 0.6) is 0 Å². The number of nitrogens with one attached hydrogen (secondary N) is 2. The largest absolute Gasteiger partial charge is 0.465 e. The fraction of sp³-hybridized carbons (Fsp3) is 0.273. The maximum absolute atomic E-state index is 11.2. The number of carbonyl (C=O) groups is 1. The van der Waals surface area contributed by atoms with Crippen molar-refractivity contribution in [2.45, 2.75) is 20.4 Å². The molecule has 2 rings (SSSR count). The Bertz CT molecular complexity index is 541. The van der Waals surface area contributed by atoms with E-state index in [9.17, 15) is 4.79 Å². The molecule has 2 aromatic rings. The summed E-state index contributed by atoms with van der Waals surface area (Å²) in [5.74, 6) is 1.56. The van der Waals surface area contributed by atoms with Crippen molar-refractivity contribution in [2.75, 3.05) is 5.32 Å². The van der Waals surface area contributed by atoms with Crippen LogP contribution in [-0.2, 0) is 6.54 Å². The normalized spacial score (nSPS) is 10.5. The van der Waals surface area contributed by atoms with Crippen LogP contribution in [0.3, 0.4) is 0 Å². The van der Waals surface area contributed by atoms with E-state index in [1.165, 1.54) is 0 Å². The van der Waals surface area contributed by atoms with Gasteiger partial charge < -0.3 is 15.5 Å². The molecular formula is C11H14N4O2. The Morgan fingerprint density at radius 3 is 2.88 bits per heavy atom. The molecule has 17 heavy (non-hydrogen) atoms. The van der Waals surface area contributed by atoms with Crippen LogP contribution in [0.15, 0.2) is 16.5 Å². The topological polar surface area (TPSA) is 96.9 Å². The summed E-state index contributed by atoms with van der Waals surface area (Å²) in [4.78, 5) is 11.2. The average Bonchev–Trinajstić information content (AvgIpc) is 2.82. The molecule has 0 aromatic carbocycles. The van der Waals surface area contributed by atoms with Crippen molar-refractivity contribution in [2.24, 2.45) is 5.73 Å². The van der Waals surface area contributed by atoms with Crippen LogP contribution in [0.25, 0.3) is 0 Å². The van der Waals surface area contributed by atoms with Gasteiger partial charge in [-0.3, -0.25) is 9.89 Å². The zero-order valence-electron chi connectivity index (χ0n) is 9.70. The number of primary amides is 1. The van der Waals surface area contributed by atoms with Gasteiger partial charge in [0.05, 0.1) is 6.54 Å². The van der Waals surface area contributed by atoms with Crippen molar-refractivity contribution in [3.63, 3.8) is 0 Å². The molecule has 0 atom stereocenters. The van der Waals surface area contributed by atoms with Crippen molar-refractivity contribution >= 4 is 11.7 Å². The highest BCUT2D eigenvalue weighted by molar-refractivity contribution is 5.98. The minimum atomic E-state index is -0.505. The summed E-state index contributed by atoms with van der Waals surface area (Å²) in [5, 5.41) is 9.70. The number of hydrogen-bond acceptors (Lipinski definition) is 4. The van der Waals surface area contributed by atoms with E-state index < -0.39 is 5.91 Å². The summed E-state index contributed by atoms with van der Waals surface area (Å²) < 4.78 is 5.40. The fourth-order valence-electron chi connectivity index (χ4n) is 1.61. The predicted molar refractivity (Wildman–Crippen MR) is 62.6 cm³/mol. The Hall–Kier alpha value is -2.24. The predicted octanol–water partition coefficient (Wildman–Crippen LogP) is 1.33. The lowest BCUT2D eigenvalue weighted by Gasteiger charge is -2.02. The molecule has 4 N–H and O–H groups in total. The van der Waals surface area contributed by atoms with Gasteiger partial charge in [-0.1, -0.05) is 0 Å². The first-order chi connectivity index (χ1) is 8.08. The van der Waals surface area contributed by atoms with Crippen LogP contribution in [0, 0.1) is 13.8 Å². The van der Waals surface area contributed by atoms with E-state index in [1.807, 2.05) is 19.1 Å². The third-order valence-corrected chi connectivity index (χ3v) is 2.42.